The maximum Gasteiger partial charge on any atom is 0.158 e. The first kappa shape index (κ1) is 19.5. The zero-order valence-corrected chi connectivity index (χ0v) is 17.7. The van der Waals surface area contributed by atoms with Crippen molar-refractivity contribution in [3.63, 3.8) is 0 Å². The number of nitrogens with one attached hydrogen (secondary N) is 1. The van der Waals surface area contributed by atoms with E-state index < -0.39 is 0 Å². The predicted molar refractivity (Wildman–Crippen MR) is 109 cm³/mol. The fourth-order valence-electron chi connectivity index (χ4n) is 4.17. The highest BCUT2D eigenvalue weighted by Gasteiger charge is 2.39. The van der Waals surface area contributed by atoms with Crippen molar-refractivity contribution in [3.05, 3.63) is 35.9 Å². The Morgan fingerprint density at radius 1 is 1.20 bits per heavy atom. The maximum atomic E-state index is 13.4. The first-order valence-corrected chi connectivity index (χ1v) is 10.7. The van der Waals surface area contributed by atoms with Gasteiger partial charge in [0, 0.05) is 50.8 Å². The van der Waals surface area contributed by atoms with Gasteiger partial charge in [-0.2, -0.15) is 2.95 Å². The van der Waals surface area contributed by atoms with Gasteiger partial charge in [0.25, 0.3) is 0 Å². The van der Waals surface area contributed by atoms with Crippen LogP contribution in [0.2, 0.25) is 0 Å². The SMILES string of the molecule is O=C(C1CNCCC1N1CCCCC1)[C@@H](Cc1ccccc1)N(Br)Br. The largest absolute Gasteiger partial charge is 0.316 e. The van der Waals surface area contributed by atoms with Gasteiger partial charge in [-0.15, -0.1) is 0 Å². The number of halogens is 2. The smallest absolute Gasteiger partial charge is 0.158 e. The summed E-state index contributed by atoms with van der Waals surface area (Å²) in [5.41, 5.74) is 1.18. The number of carbonyl (C=O) groups is 1. The summed E-state index contributed by atoms with van der Waals surface area (Å²) in [6.45, 7) is 4.09. The molecule has 0 spiro atoms. The summed E-state index contributed by atoms with van der Waals surface area (Å²) < 4.78 is 1.73. The molecule has 2 aliphatic heterocycles. The molecule has 0 amide bonds. The third-order valence-electron chi connectivity index (χ3n) is 5.51. The van der Waals surface area contributed by atoms with E-state index in [9.17, 15) is 4.79 Å². The number of benzene rings is 1. The summed E-state index contributed by atoms with van der Waals surface area (Å²) in [5, 5.41) is 3.45. The van der Waals surface area contributed by atoms with Crippen molar-refractivity contribution in [2.75, 3.05) is 26.2 Å². The van der Waals surface area contributed by atoms with Gasteiger partial charge >= 0.3 is 0 Å². The monoisotopic (exact) mass is 471 g/mol. The molecule has 1 aromatic carbocycles. The van der Waals surface area contributed by atoms with E-state index in [-0.39, 0.29) is 12.0 Å². The molecule has 1 aromatic rings. The Morgan fingerprint density at radius 3 is 2.60 bits per heavy atom. The average Bonchev–Trinajstić information content (AvgIpc) is 2.67. The molecule has 2 unspecified atom stereocenters. The quantitative estimate of drug-likeness (QED) is 0.642. The topological polar surface area (TPSA) is 35.6 Å². The van der Waals surface area contributed by atoms with Gasteiger partial charge in [-0.1, -0.05) is 36.8 Å². The van der Waals surface area contributed by atoms with Crippen LogP contribution in [-0.2, 0) is 11.2 Å². The van der Waals surface area contributed by atoms with Gasteiger partial charge < -0.3 is 5.32 Å². The lowest BCUT2D eigenvalue weighted by molar-refractivity contribution is -0.128. The number of ketones is 1. The molecular weight excluding hydrogens is 446 g/mol. The second-order valence-corrected chi connectivity index (χ2v) is 9.61. The highest BCUT2D eigenvalue weighted by molar-refractivity contribution is 9.21. The average molecular weight is 473 g/mol. The summed E-state index contributed by atoms with van der Waals surface area (Å²) >= 11 is 6.95. The molecule has 0 aliphatic carbocycles. The molecule has 2 fully saturated rings. The number of likely N-dealkylation sites (tertiary alicyclic amines) is 1. The number of rotatable bonds is 6. The molecule has 25 heavy (non-hydrogen) atoms. The number of piperidine rings is 2. The lowest BCUT2D eigenvalue weighted by Crippen LogP contribution is -2.56. The molecule has 6 heteroatoms. The molecule has 2 saturated heterocycles. The Kier molecular flexibility index (Phi) is 7.49. The van der Waals surface area contributed by atoms with Crippen molar-refractivity contribution >= 4 is 38.1 Å². The van der Waals surface area contributed by atoms with Crippen molar-refractivity contribution in [3.8, 4) is 0 Å². The second-order valence-electron chi connectivity index (χ2n) is 7.13. The lowest BCUT2D eigenvalue weighted by atomic mass is 9.83. The molecule has 0 radical (unpaired) electrons. The number of Topliss-reactive ketones (excluding diaryl/α,β-unsaturated/α-hetero) is 1. The Morgan fingerprint density at radius 2 is 1.92 bits per heavy atom. The maximum absolute atomic E-state index is 13.4. The number of carbonyl (C=O) groups excluding carboxylic acids is 1. The fraction of sp³-hybridized carbons (Fsp3) is 0.632. The minimum atomic E-state index is -0.209. The highest BCUT2D eigenvalue weighted by Crippen LogP contribution is 2.28. The number of hydrogen-bond donors (Lipinski definition) is 1. The molecule has 2 heterocycles. The van der Waals surface area contributed by atoms with Gasteiger partial charge in [0.05, 0.1) is 6.04 Å². The molecule has 0 saturated carbocycles. The van der Waals surface area contributed by atoms with Crippen LogP contribution < -0.4 is 5.32 Å². The van der Waals surface area contributed by atoms with E-state index in [0.717, 1.165) is 32.6 Å². The van der Waals surface area contributed by atoms with E-state index in [0.29, 0.717) is 18.2 Å². The van der Waals surface area contributed by atoms with E-state index in [2.05, 4.69) is 54.6 Å². The van der Waals surface area contributed by atoms with Crippen LogP contribution in [0.25, 0.3) is 0 Å². The third-order valence-corrected chi connectivity index (χ3v) is 6.50. The molecule has 3 atom stereocenters. The Labute approximate surface area is 168 Å². The van der Waals surface area contributed by atoms with Gasteiger partial charge in [0.15, 0.2) is 5.78 Å². The van der Waals surface area contributed by atoms with Crippen LogP contribution >= 0.6 is 32.3 Å². The third kappa shape index (κ3) is 5.13. The van der Waals surface area contributed by atoms with E-state index in [1.54, 1.807) is 2.95 Å². The second kappa shape index (κ2) is 9.60. The van der Waals surface area contributed by atoms with Crippen LogP contribution in [0.3, 0.4) is 0 Å². The zero-order valence-electron chi connectivity index (χ0n) is 14.5. The lowest BCUT2D eigenvalue weighted by Gasteiger charge is -2.42. The summed E-state index contributed by atoms with van der Waals surface area (Å²) in [6.07, 6.45) is 5.63. The van der Waals surface area contributed by atoms with Gasteiger partial charge in [-0.05, 0) is 50.9 Å². The van der Waals surface area contributed by atoms with Gasteiger partial charge in [-0.25, -0.2) is 0 Å². The molecule has 2 aliphatic rings. The molecule has 0 aromatic heterocycles. The van der Waals surface area contributed by atoms with Crippen LogP contribution in [0.5, 0.6) is 0 Å². The van der Waals surface area contributed by atoms with Gasteiger partial charge in [0.1, 0.15) is 0 Å². The number of nitrogens with zero attached hydrogens (tertiary/aromatic N) is 2. The van der Waals surface area contributed by atoms with Gasteiger partial charge in [0.2, 0.25) is 0 Å². The minimum Gasteiger partial charge on any atom is -0.316 e. The Balaban J connectivity index is 1.74. The van der Waals surface area contributed by atoms with Crippen molar-refractivity contribution in [2.24, 2.45) is 5.92 Å². The van der Waals surface area contributed by atoms with Gasteiger partial charge in [-0.3, -0.25) is 9.69 Å². The van der Waals surface area contributed by atoms with Crippen molar-refractivity contribution < 1.29 is 4.79 Å². The molecule has 3 rings (SSSR count). The predicted octanol–water partition coefficient (Wildman–Crippen LogP) is 3.55. The Hall–Kier alpha value is -0.270. The first-order chi connectivity index (χ1) is 12.2. The molecule has 0 bridgehead atoms. The molecule has 1 N–H and O–H groups in total. The molecule has 4 nitrogen and oxygen atoms in total. The summed E-state index contributed by atoms with van der Waals surface area (Å²) in [6, 6.07) is 10.4. The van der Waals surface area contributed by atoms with Crippen LogP contribution in [0.15, 0.2) is 30.3 Å². The van der Waals surface area contributed by atoms with E-state index in [4.69, 9.17) is 0 Å². The fourth-order valence-corrected chi connectivity index (χ4v) is 4.87. The van der Waals surface area contributed by atoms with Crippen molar-refractivity contribution in [1.29, 1.82) is 0 Å². The van der Waals surface area contributed by atoms with Crippen LogP contribution in [0, 0.1) is 5.92 Å². The highest BCUT2D eigenvalue weighted by atomic mass is 79.9. The molecule has 138 valence electrons. The minimum absolute atomic E-state index is 0.0539. The summed E-state index contributed by atoms with van der Waals surface area (Å²) in [7, 11) is 0. The standard InChI is InChI=1S/C19H27Br2N3O/c20-24(21)18(13-15-7-3-1-4-8-15)19(25)16-14-22-10-9-17(16)23-11-5-2-6-12-23/h1,3-4,7-8,16-18,22H,2,5-6,9-14H2/t16?,17?,18-/m1/s1. The van der Waals surface area contributed by atoms with E-state index in [1.807, 2.05) is 18.2 Å². The van der Waals surface area contributed by atoms with Crippen molar-refractivity contribution in [2.45, 2.75) is 44.2 Å². The first-order valence-electron chi connectivity index (χ1n) is 9.30. The Bertz CT molecular complexity index is 549. The van der Waals surface area contributed by atoms with E-state index >= 15 is 0 Å². The van der Waals surface area contributed by atoms with Crippen LogP contribution in [0.4, 0.5) is 0 Å². The normalized spacial score (nSPS) is 26.5. The number of hydrogen-bond acceptors (Lipinski definition) is 4. The van der Waals surface area contributed by atoms with Crippen LogP contribution in [0.1, 0.15) is 31.2 Å². The van der Waals surface area contributed by atoms with E-state index in [1.165, 1.54) is 24.8 Å². The van der Waals surface area contributed by atoms with Crippen LogP contribution in [-0.4, -0.2) is 51.9 Å². The summed E-state index contributed by atoms with van der Waals surface area (Å²) in [5.74, 6) is 0.374. The molecular formula is C19H27Br2N3O. The van der Waals surface area contributed by atoms with Crippen molar-refractivity contribution in [1.82, 2.24) is 13.2 Å². The summed E-state index contributed by atoms with van der Waals surface area (Å²) in [4.78, 5) is 16.0. The zero-order chi connectivity index (χ0) is 17.6.